The van der Waals surface area contributed by atoms with Gasteiger partial charge in [0.2, 0.25) is 0 Å². The van der Waals surface area contributed by atoms with E-state index in [4.69, 9.17) is 9.52 Å². The zero-order chi connectivity index (χ0) is 18.1. The van der Waals surface area contributed by atoms with Gasteiger partial charge in [0.25, 0.3) is 0 Å². The monoisotopic (exact) mass is 350 g/mol. The van der Waals surface area contributed by atoms with Crippen molar-refractivity contribution >= 4 is 12.0 Å². The lowest BCUT2D eigenvalue weighted by Crippen LogP contribution is -2.11. The van der Waals surface area contributed by atoms with Crippen LogP contribution in [0.1, 0.15) is 16.9 Å². The van der Waals surface area contributed by atoms with E-state index in [1.807, 2.05) is 0 Å². The minimum Gasteiger partial charge on any atom is -0.478 e. The SMILES string of the molecule is O=C(O)/C=C/c1ccc(-c2cc(C(F)(F)F)cc(C(F)(F)F)c2)o1. The fraction of sp³-hybridized carbons (Fsp3) is 0.133. The second-order valence-corrected chi connectivity index (χ2v) is 4.67. The summed E-state index contributed by atoms with van der Waals surface area (Å²) in [5.41, 5.74) is -3.36. The van der Waals surface area contributed by atoms with Crippen LogP contribution in [-0.4, -0.2) is 11.1 Å². The van der Waals surface area contributed by atoms with Gasteiger partial charge in [-0.05, 0) is 36.4 Å². The molecule has 0 saturated heterocycles. The Hall–Kier alpha value is -2.71. The Morgan fingerprint density at radius 1 is 0.958 bits per heavy atom. The van der Waals surface area contributed by atoms with Crippen molar-refractivity contribution in [2.45, 2.75) is 12.4 Å². The van der Waals surface area contributed by atoms with Crippen molar-refractivity contribution in [2.24, 2.45) is 0 Å². The normalized spacial score (nSPS) is 12.8. The highest BCUT2D eigenvalue weighted by molar-refractivity contribution is 5.84. The predicted molar refractivity (Wildman–Crippen MR) is 70.8 cm³/mol. The van der Waals surface area contributed by atoms with E-state index in [1.54, 1.807) is 0 Å². The number of carboxylic acids is 1. The summed E-state index contributed by atoms with van der Waals surface area (Å²) in [4.78, 5) is 10.4. The molecule has 0 atom stereocenters. The lowest BCUT2D eigenvalue weighted by atomic mass is 10.0. The van der Waals surface area contributed by atoms with Crippen LogP contribution in [0, 0.1) is 0 Å². The van der Waals surface area contributed by atoms with Gasteiger partial charge in [0.1, 0.15) is 11.5 Å². The van der Waals surface area contributed by atoms with Crippen LogP contribution >= 0.6 is 0 Å². The minimum absolute atomic E-state index is 0.0116. The topological polar surface area (TPSA) is 50.4 Å². The van der Waals surface area contributed by atoms with E-state index in [0.717, 1.165) is 18.2 Å². The summed E-state index contributed by atoms with van der Waals surface area (Å²) >= 11 is 0. The third-order valence-corrected chi connectivity index (χ3v) is 2.89. The summed E-state index contributed by atoms with van der Waals surface area (Å²) in [5.74, 6) is -1.57. The van der Waals surface area contributed by atoms with Gasteiger partial charge in [0.15, 0.2) is 0 Å². The van der Waals surface area contributed by atoms with Gasteiger partial charge < -0.3 is 9.52 Å². The van der Waals surface area contributed by atoms with Crippen LogP contribution in [0.4, 0.5) is 26.3 Å². The number of carbonyl (C=O) groups is 1. The van der Waals surface area contributed by atoms with E-state index in [9.17, 15) is 31.1 Å². The molecular weight excluding hydrogens is 342 g/mol. The van der Waals surface area contributed by atoms with Crippen LogP contribution in [0.3, 0.4) is 0 Å². The summed E-state index contributed by atoms with van der Waals surface area (Å²) in [6, 6.07) is 3.44. The number of furan rings is 1. The minimum atomic E-state index is -4.96. The predicted octanol–water partition coefficient (Wildman–Crippen LogP) is 5.08. The molecule has 0 radical (unpaired) electrons. The molecule has 3 nitrogen and oxygen atoms in total. The third-order valence-electron chi connectivity index (χ3n) is 2.89. The van der Waals surface area contributed by atoms with E-state index in [1.165, 1.54) is 6.07 Å². The Bertz CT molecular complexity index is 751. The zero-order valence-corrected chi connectivity index (χ0v) is 11.6. The average Bonchev–Trinajstić information content (AvgIpc) is 2.91. The Morgan fingerprint density at radius 2 is 1.50 bits per heavy atom. The molecule has 0 aliphatic heterocycles. The first kappa shape index (κ1) is 17.6. The molecule has 0 aliphatic carbocycles. The fourth-order valence-corrected chi connectivity index (χ4v) is 1.85. The smallest absolute Gasteiger partial charge is 0.416 e. The van der Waals surface area contributed by atoms with Crippen LogP contribution in [0.15, 0.2) is 40.8 Å². The number of aliphatic carboxylic acids is 1. The maximum atomic E-state index is 12.8. The summed E-state index contributed by atoms with van der Waals surface area (Å²) in [7, 11) is 0. The number of halogens is 6. The number of hydrogen-bond acceptors (Lipinski definition) is 2. The molecule has 128 valence electrons. The van der Waals surface area contributed by atoms with E-state index < -0.39 is 35.0 Å². The second-order valence-electron chi connectivity index (χ2n) is 4.67. The molecular formula is C15H8F6O3. The molecule has 0 fully saturated rings. The molecule has 0 aliphatic rings. The lowest BCUT2D eigenvalue weighted by Gasteiger charge is -2.13. The molecule has 1 aromatic heterocycles. The van der Waals surface area contributed by atoms with Crippen LogP contribution < -0.4 is 0 Å². The molecule has 0 saturated carbocycles. The molecule has 1 N–H and O–H groups in total. The third kappa shape index (κ3) is 4.18. The molecule has 2 aromatic rings. The van der Waals surface area contributed by atoms with Crippen molar-refractivity contribution in [1.29, 1.82) is 0 Å². The van der Waals surface area contributed by atoms with E-state index in [-0.39, 0.29) is 17.6 Å². The molecule has 0 unspecified atom stereocenters. The fourth-order valence-electron chi connectivity index (χ4n) is 1.85. The quantitative estimate of drug-likeness (QED) is 0.620. The van der Waals surface area contributed by atoms with Gasteiger partial charge in [0.05, 0.1) is 11.1 Å². The Labute approximate surface area is 130 Å². The molecule has 0 amide bonds. The molecule has 24 heavy (non-hydrogen) atoms. The van der Waals surface area contributed by atoms with Crippen molar-refractivity contribution in [3.05, 3.63) is 53.3 Å². The van der Waals surface area contributed by atoms with Gasteiger partial charge in [-0.3, -0.25) is 0 Å². The van der Waals surface area contributed by atoms with Crippen LogP contribution in [0.5, 0.6) is 0 Å². The van der Waals surface area contributed by atoms with Gasteiger partial charge in [0, 0.05) is 11.6 Å². The van der Waals surface area contributed by atoms with Crippen LogP contribution in [0.25, 0.3) is 17.4 Å². The average molecular weight is 350 g/mol. The summed E-state index contributed by atoms with van der Waals surface area (Å²) < 4.78 is 81.8. The number of alkyl halides is 6. The van der Waals surface area contributed by atoms with Gasteiger partial charge >= 0.3 is 18.3 Å². The highest BCUT2D eigenvalue weighted by Gasteiger charge is 2.37. The molecule has 0 spiro atoms. The zero-order valence-electron chi connectivity index (χ0n) is 11.6. The Balaban J connectivity index is 2.52. The van der Waals surface area contributed by atoms with Crippen molar-refractivity contribution in [2.75, 3.05) is 0 Å². The van der Waals surface area contributed by atoms with Crippen LogP contribution in [0.2, 0.25) is 0 Å². The highest BCUT2D eigenvalue weighted by Crippen LogP contribution is 2.38. The molecule has 1 aromatic carbocycles. The second kappa shape index (κ2) is 6.06. The van der Waals surface area contributed by atoms with Gasteiger partial charge in [-0.2, -0.15) is 26.3 Å². The van der Waals surface area contributed by atoms with Crippen molar-refractivity contribution < 1.29 is 40.7 Å². The van der Waals surface area contributed by atoms with Crippen molar-refractivity contribution in [3.8, 4) is 11.3 Å². The first-order chi connectivity index (χ1) is 11.0. The number of carboxylic acid groups (broad SMARTS) is 1. The van der Waals surface area contributed by atoms with Crippen molar-refractivity contribution in [1.82, 2.24) is 0 Å². The Kier molecular flexibility index (Phi) is 4.46. The maximum Gasteiger partial charge on any atom is 0.416 e. The van der Waals surface area contributed by atoms with Crippen LogP contribution in [-0.2, 0) is 17.1 Å². The molecule has 0 bridgehead atoms. The first-order valence-electron chi connectivity index (χ1n) is 6.27. The largest absolute Gasteiger partial charge is 0.478 e. The highest BCUT2D eigenvalue weighted by atomic mass is 19.4. The Morgan fingerprint density at radius 3 is 1.96 bits per heavy atom. The lowest BCUT2D eigenvalue weighted by molar-refractivity contribution is -0.143. The van der Waals surface area contributed by atoms with E-state index in [0.29, 0.717) is 12.1 Å². The number of benzene rings is 1. The van der Waals surface area contributed by atoms with E-state index >= 15 is 0 Å². The molecule has 2 rings (SSSR count). The summed E-state index contributed by atoms with van der Waals surface area (Å²) in [6.45, 7) is 0. The van der Waals surface area contributed by atoms with Crippen molar-refractivity contribution in [3.63, 3.8) is 0 Å². The molecule has 1 heterocycles. The maximum absolute atomic E-state index is 12.8. The van der Waals surface area contributed by atoms with Gasteiger partial charge in [-0.25, -0.2) is 4.79 Å². The van der Waals surface area contributed by atoms with Gasteiger partial charge in [-0.1, -0.05) is 0 Å². The number of rotatable bonds is 3. The summed E-state index contributed by atoms with van der Waals surface area (Å²) in [6.07, 6.45) is -8.19. The molecule has 9 heteroatoms. The first-order valence-corrected chi connectivity index (χ1v) is 6.27. The standard InChI is InChI=1S/C15H8F6O3/c16-14(17,18)9-5-8(6-10(7-9)15(19,20)21)12-3-1-11(24-12)2-4-13(22)23/h1-7H,(H,22,23)/b4-2+. The summed E-state index contributed by atoms with van der Waals surface area (Å²) in [5, 5.41) is 8.47. The number of hydrogen-bond donors (Lipinski definition) is 1. The van der Waals surface area contributed by atoms with Gasteiger partial charge in [-0.15, -0.1) is 0 Å². The van der Waals surface area contributed by atoms with E-state index in [2.05, 4.69) is 0 Å².